The molecule has 0 radical (unpaired) electrons. The Morgan fingerprint density at radius 3 is 2.29 bits per heavy atom. The largest absolute Gasteiger partial charge is 0.494 e. The number of anilines is 1. The van der Waals surface area contributed by atoms with Crippen molar-refractivity contribution in [2.75, 3.05) is 11.9 Å². The van der Waals surface area contributed by atoms with Crippen LogP contribution in [0.2, 0.25) is 5.02 Å². The fourth-order valence-electron chi connectivity index (χ4n) is 1.91. The highest BCUT2D eigenvalue weighted by Gasteiger charge is 2.13. The van der Waals surface area contributed by atoms with E-state index in [0.717, 1.165) is 17.7 Å². The molecular formula is C18H19ClN2O3. The average molecular weight is 347 g/mol. The number of carbonyl (C=O) groups excluding carboxylic acids is 2. The second kappa shape index (κ2) is 8.93. The third kappa shape index (κ3) is 5.59. The van der Waals surface area contributed by atoms with Crippen LogP contribution in [0, 0.1) is 0 Å². The van der Waals surface area contributed by atoms with Crippen LogP contribution in [0.25, 0.3) is 0 Å². The number of carbonyl (C=O) groups is 2. The summed E-state index contributed by atoms with van der Waals surface area (Å²) in [7, 11) is 0. The van der Waals surface area contributed by atoms with Gasteiger partial charge in [-0.2, -0.15) is 0 Å². The maximum atomic E-state index is 11.9. The molecule has 2 amide bonds. The quantitative estimate of drug-likeness (QED) is 0.788. The Kier molecular flexibility index (Phi) is 6.63. The lowest BCUT2D eigenvalue weighted by molar-refractivity contribution is -0.136. The molecule has 2 N–H and O–H groups in total. The van der Waals surface area contributed by atoms with Gasteiger partial charge in [-0.1, -0.05) is 30.7 Å². The fraction of sp³-hybridized carbons (Fsp3) is 0.222. The van der Waals surface area contributed by atoms with Crippen molar-refractivity contribution in [3.05, 3.63) is 59.1 Å². The van der Waals surface area contributed by atoms with Crippen LogP contribution < -0.4 is 15.4 Å². The van der Waals surface area contributed by atoms with Gasteiger partial charge in [0.2, 0.25) is 0 Å². The summed E-state index contributed by atoms with van der Waals surface area (Å²) in [5, 5.41) is 5.72. The van der Waals surface area contributed by atoms with E-state index < -0.39 is 11.8 Å². The molecular weight excluding hydrogens is 328 g/mol. The molecule has 0 aromatic heterocycles. The predicted octanol–water partition coefficient (Wildman–Crippen LogP) is 3.38. The fourth-order valence-corrected chi connectivity index (χ4v) is 2.03. The Labute approximate surface area is 146 Å². The molecule has 6 heteroatoms. The van der Waals surface area contributed by atoms with Crippen LogP contribution in [-0.2, 0) is 16.1 Å². The molecule has 0 atom stereocenters. The van der Waals surface area contributed by atoms with E-state index in [1.54, 1.807) is 48.5 Å². The standard InChI is InChI=1S/C18H19ClN2O3/c1-2-11-24-16-9-7-15(8-10-16)21-18(23)17(22)20-12-13-3-5-14(19)6-4-13/h3-10H,2,11-12H2,1H3,(H,20,22)(H,21,23). The van der Waals surface area contributed by atoms with Gasteiger partial charge >= 0.3 is 11.8 Å². The summed E-state index contributed by atoms with van der Waals surface area (Å²) in [6.07, 6.45) is 0.923. The summed E-state index contributed by atoms with van der Waals surface area (Å²) >= 11 is 5.79. The Morgan fingerprint density at radius 2 is 1.67 bits per heavy atom. The third-order valence-electron chi connectivity index (χ3n) is 3.16. The summed E-state index contributed by atoms with van der Waals surface area (Å²) in [6.45, 7) is 2.92. The van der Waals surface area contributed by atoms with Crippen LogP contribution in [0.4, 0.5) is 5.69 Å². The van der Waals surface area contributed by atoms with Crippen LogP contribution in [0.1, 0.15) is 18.9 Å². The van der Waals surface area contributed by atoms with Crippen molar-refractivity contribution in [3.8, 4) is 5.75 Å². The molecule has 24 heavy (non-hydrogen) atoms. The smallest absolute Gasteiger partial charge is 0.313 e. The number of hydrogen-bond donors (Lipinski definition) is 2. The van der Waals surface area contributed by atoms with Gasteiger partial charge < -0.3 is 15.4 Å². The predicted molar refractivity (Wildman–Crippen MR) is 94.2 cm³/mol. The molecule has 0 aliphatic heterocycles. The molecule has 2 rings (SSSR count). The maximum absolute atomic E-state index is 11.9. The molecule has 126 valence electrons. The van der Waals surface area contributed by atoms with Gasteiger partial charge in [0.1, 0.15) is 5.75 Å². The third-order valence-corrected chi connectivity index (χ3v) is 3.41. The monoisotopic (exact) mass is 346 g/mol. The molecule has 0 fully saturated rings. The number of benzene rings is 2. The van der Waals surface area contributed by atoms with E-state index in [-0.39, 0.29) is 6.54 Å². The van der Waals surface area contributed by atoms with E-state index >= 15 is 0 Å². The van der Waals surface area contributed by atoms with Gasteiger partial charge in [0.15, 0.2) is 0 Å². The first kappa shape index (κ1) is 17.8. The Hall–Kier alpha value is -2.53. The van der Waals surface area contributed by atoms with Gasteiger partial charge in [-0.25, -0.2) is 0 Å². The molecule has 0 bridgehead atoms. The van der Waals surface area contributed by atoms with Gasteiger partial charge in [-0.15, -0.1) is 0 Å². The van der Waals surface area contributed by atoms with E-state index in [4.69, 9.17) is 16.3 Å². The highest BCUT2D eigenvalue weighted by atomic mass is 35.5. The lowest BCUT2D eigenvalue weighted by Crippen LogP contribution is -2.34. The molecule has 0 saturated carbocycles. The van der Waals surface area contributed by atoms with E-state index in [9.17, 15) is 9.59 Å². The normalized spacial score (nSPS) is 10.1. The maximum Gasteiger partial charge on any atom is 0.313 e. The minimum atomic E-state index is -0.716. The minimum absolute atomic E-state index is 0.257. The van der Waals surface area contributed by atoms with Crippen LogP contribution >= 0.6 is 11.6 Å². The second-order valence-electron chi connectivity index (χ2n) is 5.14. The zero-order valence-corrected chi connectivity index (χ0v) is 14.1. The summed E-state index contributed by atoms with van der Waals surface area (Å²) in [5.41, 5.74) is 1.39. The number of hydrogen-bond acceptors (Lipinski definition) is 3. The summed E-state index contributed by atoms with van der Waals surface area (Å²) < 4.78 is 5.46. The van der Waals surface area contributed by atoms with E-state index in [0.29, 0.717) is 17.3 Å². The van der Waals surface area contributed by atoms with Gasteiger partial charge in [0.05, 0.1) is 6.61 Å². The topological polar surface area (TPSA) is 67.4 Å². The van der Waals surface area contributed by atoms with Crippen LogP contribution in [-0.4, -0.2) is 18.4 Å². The molecule has 0 heterocycles. The molecule has 0 aliphatic carbocycles. The van der Waals surface area contributed by atoms with Crippen LogP contribution in [0.3, 0.4) is 0 Å². The first-order valence-corrected chi connectivity index (χ1v) is 8.02. The van der Waals surface area contributed by atoms with E-state index in [1.807, 2.05) is 6.92 Å². The van der Waals surface area contributed by atoms with Crippen molar-refractivity contribution in [1.29, 1.82) is 0 Å². The first-order valence-electron chi connectivity index (χ1n) is 7.65. The number of halogens is 1. The Bertz CT molecular complexity index is 684. The number of amides is 2. The van der Waals surface area contributed by atoms with E-state index in [1.165, 1.54) is 0 Å². The van der Waals surface area contributed by atoms with Gasteiger partial charge in [0.25, 0.3) is 0 Å². The van der Waals surface area contributed by atoms with Gasteiger partial charge in [0, 0.05) is 17.3 Å². The summed E-state index contributed by atoms with van der Waals surface area (Å²) in [4.78, 5) is 23.7. The molecule has 0 saturated heterocycles. The number of nitrogens with one attached hydrogen (secondary N) is 2. The summed E-state index contributed by atoms with van der Waals surface area (Å²) in [5.74, 6) is -0.690. The lowest BCUT2D eigenvalue weighted by atomic mass is 10.2. The van der Waals surface area contributed by atoms with Crippen molar-refractivity contribution >= 4 is 29.1 Å². The summed E-state index contributed by atoms with van der Waals surface area (Å²) in [6, 6.07) is 13.9. The second-order valence-corrected chi connectivity index (χ2v) is 5.57. The molecule has 0 unspecified atom stereocenters. The lowest BCUT2D eigenvalue weighted by Gasteiger charge is -2.08. The SMILES string of the molecule is CCCOc1ccc(NC(=O)C(=O)NCc2ccc(Cl)cc2)cc1. The molecule has 2 aromatic rings. The van der Waals surface area contributed by atoms with Crippen LogP contribution in [0.5, 0.6) is 5.75 Å². The molecule has 2 aromatic carbocycles. The molecule has 5 nitrogen and oxygen atoms in total. The molecule has 0 aliphatic rings. The van der Waals surface area contributed by atoms with Crippen molar-refractivity contribution in [1.82, 2.24) is 5.32 Å². The van der Waals surface area contributed by atoms with Crippen molar-refractivity contribution in [3.63, 3.8) is 0 Å². The molecule has 0 spiro atoms. The highest BCUT2D eigenvalue weighted by Crippen LogP contribution is 2.15. The first-order chi connectivity index (χ1) is 11.6. The Morgan fingerprint density at radius 1 is 1.00 bits per heavy atom. The average Bonchev–Trinajstić information content (AvgIpc) is 2.60. The number of rotatable bonds is 6. The zero-order chi connectivity index (χ0) is 17.4. The van der Waals surface area contributed by atoms with Gasteiger partial charge in [-0.05, 0) is 48.4 Å². The van der Waals surface area contributed by atoms with Gasteiger partial charge in [-0.3, -0.25) is 9.59 Å². The number of ether oxygens (including phenoxy) is 1. The van der Waals surface area contributed by atoms with E-state index in [2.05, 4.69) is 10.6 Å². The van der Waals surface area contributed by atoms with Crippen LogP contribution in [0.15, 0.2) is 48.5 Å². The van der Waals surface area contributed by atoms with Crippen molar-refractivity contribution in [2.24, 2.45) is 0 Å². The Balaban J connectivity index is 1.82. The highest BCUT2D eigenvalue weighted by molar-refractivity contribution is 6.39. The zero-order valence-electron chi connectivity index (χ0n) is 13.3. The minimum Gasteiger partial charge on any atom is -0.494 e. The van der Waals surface area contributed by atoms with Crippen molar-refractivity contribution in [2.45, 2.75) is 19.9 Å². The van der Waals surface area contributed by atoms with Crippen molar-refractivity contribution < 1.29 is 14.3 Å².